The fraction of sp³-hybridized carbons (Fsp3) is 0.357. The van der Waals surface area contributed by atoms with E-state index < -0.39 is 0 Å². The molecule has 0 aromatic heterocycles. The first kappa shape index (κ1) is 13.7. The van der Waals surface area contributed by atoms with Gasteiger partial charge in [0.25, 0.3) is 0 Å². The van der Waals surface area contributed by atoms with Crippen molar-refractivity contribution in [3.63, 3.8) is 0 Å². The maximum Gasteiger partial charge on any atom is 0.185 e. The molecule has 0 radical (unpaired) electrons. The number of thioether (sulfide) groups is 1. The topological polar surface area (TPSA) is 26.3 Å². The van der Waals surface area contributed by atoms with Gasteiger partial charge in [-0.3, -0.25) is 4.79 Å². The number of hydrogen-bond donors (Lipinski definition) is 0. The lowest BCUT2D eigenvalue weighted by atomic mass is 10.1. The Morgan fingerprint density at radius 2 is 2.24 bits per heavy atom. The smallest absolute Gasteiger partial charge is 0.185 e. The molecule has 0 N–H and O–H groups in total. The third-order valence-electron chi connectivity index (χ3n) is 2.17. The molecule has 17 heavy (non-hydrogen) atoms. The standard InChI is InChI=1S/C14H16O2S/c1-11-7-8-13(10-14(11)16-3)6-4-5-9-17-12(2)15/h7-8,10H,5,9H2,1-3H3. The Bertz CT molecular complexity index is 455. The van der Waals surface area contributed by atoms with E-state index in [1.54, 1.807) is 14.0 Å². The molecule has 90 valence electrons. The van der Waals surface area contributed by atoms with E-state index in [9.17, 15) is 4.79 Å². The lowest BCUT2D eigenvalue weighted by molar-refractivity contribution is -0.109. The third-order valence-corrected chi connectivity index (χ3v) is 2.99. The summed E-state index contributed by atoms with van der Waals surface area (Å²) in [6.45, 7) is 3.57. The minimum absolute atomic E-state index is 0.142. The van der Waals surface area contributed by atoms with Crippen LogP contribution in [0.25, 0.3) is 0 Å². The highest BCUT2D eigenvalue weighted by atomic mass is 32.2. The maximum atomic E-state index is 10.7. The molecule has 0 saturated heterocycles. The van der Waals surface area contributed by atoms with Crippen molar-refractivity contribution < 1.29 is 9.53 Å². The summed E-state index contributed by atoms with van der Waals surface area (Å²) >= 11 is 1.31. The van der Waals surface area contributed by atoms with Gasteiger partial charge >= 0.3 is 0 Å². The van der Waals surface area contributed by atoms with Gasteiger partial charge in [-0.2, -0.15) is 0 Å². The summed E-state index contributed by atoms with van der Waals surface area (Å²) in [5.41, 5.74) is 2.05. The van der Waals surface area contributed by atoms with E-state index in [0.29, 0.717) is 0 Å². The number of rotatable bonds is 3. The molecule has 0 aliphatic carbocycles. The fourth-order valence-electron chi connectivity index (χ4n) is 1.31. The molecule has 2 nitrogen and oxygen atoms in total. The zero-order chi connectivity index (χ0) is 12.7. The van der Waals surface area contributed by atoms with Crippen molar-refractivity contribution >= 4 is 16.9 Å². The van der Waals surface area contributed by atoms with Gasteiger partial charge < -0.3 is 4.74 Å². The Kier molecular flexibility index (Phi) is 5.65. The Morgan fingerprint density at radius 1 is 1.47 bits per heavy atom. The Morgan fingerprint density at radius 3 is 2.88 bits per heavy atom. The molecular formula is C14H16O2S. The first-order chi connectivity index (χ1) is 8.13. The minimum Gasteiger partial charge on any atom is -0.496 e. The molecule has 0 saturated carbocycles. The first-order valence-electron chi connectivity index (χ1n) is 5.40. The number of aryl methyl sites for hydroxylation is 1. The number of carbonyl (C=O) groups is 1. The maximum absolute atomic E-state index is 10.7. The number of carbonyl (C=O) groups excluding carboxylic acids is 1. The molecule has 0 heterocycles. The van der Waals surface area contributed by atoms with Crippen LogP contribution in [0.4, 0.5) is 0 Å². The van der Waals surface area contributed by atoms with Crippen molar-refractivity contribution in [2.24, 2.45) is 0 Å². The molecule has 0 spiro atoms. The van der Waals surface area contributed by atoms with Crippen LogP contribution in [0.1, 0.15) is 24.5 Å². The van der Waals surface area contributed by atoms with Crippen LogP contribution >= 0.6 is 11.8 Å². The summed E-state index contributed by atoms with van der Waals surface area (Å²) in [7, 11) is 1.66. The van der Waals surface area contributed by atoms with Crippen LogP contribution in [0.2, 0.25) is 0 Å². The van der Waals surface area contributed by atoms with Crippen LogP contribution in [0.5, 0.6) is 5.75 Å². The molecule has 0 amide bonds. The predicted octanol–water partition coefficient (Wildman–Crippen LogP) is 3.02. The summed E-state index contributed by atoms with van der Waals surface area (Å²) < 4.78 is 5.23. The molecule has 0 fully saturated rings. The van der Waals surface area contributed by atoms with Crippen LogP contribution in [-0.4, -0.2) is 18.0 Å². The predicted molar refractivity (Wildman–Crippen MR) is 72.4 cm³/mol. The summed E-state index contributed by atoms with van der Waals surface area (Å²) in [6.07, 6.45) is 0.723. The van der Waals surface area contributed by atoms with E-state index in [4.69, 9.17) is 4.74 Å². The highest BCUT2D eigenvalue weighted by molar-refractivity contribution is 8.13. The summed E-state index contributed by atoms with van der Waals surface area (Å²) in [6, 6.07) is 5.90. The van der Waals surface area contributed by atoms with Crippen LogP contribution in [-0.2, 0) is 4.79 Å². The largest absolute Gasteiger partial charge is 0.496 e. The van der Waals surface area contributed by atoms with Crippen LogP contribution in [0.15, 0.2) is 18.2 Å². The van der Waals surface area contributed by atoms with Gasteiger partial charge in [0.05, 0.1) is 7.11 Å². The monoisotopic (exact) mass is 248 g/mol. The Labute approximate surface area is 107 Å². The number of benzene rings is 1. The molecule has 1 aromatic carbocycles. The number of hydrogen-bond acceptors (Lipinski definition) is 3. The summed E-state index contributed by atoms with van der Waals surface area (Å²) in [4.78, 5) is 10.7. The van der Waals surface area contributed by atoms with E-state index in [-0.39, 0.29) is 5.12 Å². The quantitative estimate of drug-likeness (QED) is 0.607. The summed E-state index contributed by atoms with van der Waals surface area (Å²) in [5, 5.41) is 0.142. The summed E-state index contributed by atoms with van der Waals surface area (Å²) in [5.74, 6) is 7.73. The zero-order valence-corrected chi connectivity index (χ0v) is 11.2. The second-order valence-corrected chi connectivity index (χ2v) is 4.85. The van der Waals surface area contributed by atoms with E-state index in [0.717, 1.165) is 29.1 Å². The molecule has 0 aliphatic rings. The Balaban J connectivity index is 2.57. The van der Waals surface area contributed by atoms with Crippen LogP contribution in [0.3, 0.4) is 0 Å². The SMILES string of the molecule is COc1cc(C#CCCSC(C)=O)ccc1C. The molecule has 0 bridgehead atoms. The highest BCUT2D eigenvalue weighted by Crippen LogP contribution is 2.18. The van der Waals surface area contributed by atoms with Gasteiger partial charge in [-0.05, 0) is 24.6 Å². The van der Waals surface area contributed by atoms with Crippen molar-refractivity contribution in [3.8, 4) is 17.6 Å². The first-order valence-corrected chi connectivity index (χ1v) is 6.39. The molecule has 0 atom stereocenters. The lowest BCUT2D eigenvalue weighted by Gasteiger charge is -2.03. The van der Waals surface area contributed by atoms with Gasteiger partial charge in [-0.15, -0.1) is 0 Å². The van der Waals surface area contributed by atoms with Crippen LogP contribution in [0, 0.1) is 18.8 Å². The van der Waals surface area contributed by atoms with Crippen molar-refractivity contribution in [1.29, 1.82) is 0 Å². The van der Waals surface area contributed by atoms with Crippen molar-refractivity contribution in [3.05, 3.63) is 29.3 Å². The van der Waals surface area contributed by atoms with E-state index in [1.165, 1.54) is 11.8 Å². The third kappa shape index (κ3) is 4.97. The van der Waals surface area contributed by atoms with Gasteiger partial charge in [0.2, 0.25) is 0 Å². The molecule has 1 rings (SSSR count). The van der Waals surface area contributed by atoms with E-state index >= 15 is 0 Å². The van der Waals surface area contributed by atoms with E-state index in [1.807, 2.05) is 25.1 Å². The number of methoxy groups -OCH3 is 1. The minimum atomic E-state index is 0.142. The van der Waals surface area contributed by atoms with Gasteiger partial charge in [0.15, 0.2) is 5.12 Å². The molecule has 3 heteroatoms. The molecular weight excluding hydrogens is 232 g/mol. The van der Waals surface area contributed by atoms with Gasteiger partial charge in [0, 0.05) is 24.7 Å². The Hall–Kier alpha value is -1.40. The fourth-order valence-corrected chi connectivity index (χ4v) is 1.80. The van der Waals surface area contributed by atoms with Gasteiger partial charge in [-0.1, -0.05) is 29.7 Å². The van der Waals surface area contributed by atoms with Crippen molar-refractivity contribution in [1.82, 2.24) is 0 Å². The van der Waals surface area contributed by atoms with Crippen molar-refractivity contribution in [2.75, 3.05) is 12.9 Å². The highest BCUT2D eigenvalue weighted by Gasteiger charge is 1.97. The molecule has 0 aliphatic heterocycles. The number of ether oxygens (including phenoxy) is 1. The van der Waals surface area contributed by atoms with Gasteiger partial charge in [0.1, 0.15) is 5.75 Å². The second kappa shape index (κ2) is 7.03. The zero-order valence-electron chi connectivity index (χ0n) is 10.4. The van der Waals surface area contributed by atoms with E-state index in [2.05, 4.69) is 11.8 Å². The average Bonchev–Trinajstić information content (AvgIpc) is 2.30. The average molecular weight is 248 g/mol. The second-order valence-electron chi connectivity index (χ2n) is 3.58. The van der Waals surface area contributed by atoms with Crippen LogP contribution < -0.4 is 4.74 Å². The molecule has 0 unspecified atom stereocenters. The molecule has 1 aromatic rings. The van der Waals surface area contributed by atoms with Gasteiger partial charge in [-0.25, -0.2) is 0 Å². The normalized spacial score (nSPS) is 9.35. The lowest BCUT2D eigenvalue weighted by Crippen LogP contribution is -1.88. The van der Waals surface area contributed by atoms with Crippen molar-refractivity contribution in [2.45, 2.75) is 20.3 Å².